The predicted octanol–water partition coefficient (Wildman–Crippen LogP) is -0.816. The minimum absolute atomic E-state index is 0.108. The van der Waals surface area contributed by atoms with Gasteiger partial charge in [-0.2, -0.15) is 15.2 Å². The molecule has 5 N–H and O–H groups in total. The highest BCUT2D eigenvalue weighted by Crippen LogP contribution is 2.13. The molecule has 0 saturated heterocycles. The van der Waals surface area contributed by atoms with Crippen LogP contribution in [-0.4, -0.2) is 39.5 Å². The van der Waals surface area contributed by atoms with E-state index in [0.29, 0.717) is 16.9 Å². The molecule has 11 heteroatoms. The molecule has 4 heterocycles. The van der Waals surface area contributed by atoms with Crippen molar-refractivity contribution >= 4 is 33.8 Å². The fourth-order valence-electron chi connectivity index (χ4n) is 2.03. The smallest absolute Gasteiger partial charge is 0.263 e. The highest BCUT2D eigenvalue weighted by atomic mass is 16.1. The molecular formula is C12H14N10O. The summed E-state index contributed by atoms with van der Waals surface area (Å²) in [6.45, 7) is 0. The fraction of sp³-hybridized carbons (Fsp3) is 0.167. The summed E-state index contributed by atoms with van der Waals surface area (Å²) in [5.74, 6) is 0.583. The molecule has 4 aromatic rings. The molecule has 0 aliphatic heterocycles. The molecule has 0 spiro atoms. The maximum absolute atomic E-state index is 11.2. The van der Waals surface area contributed by atoms with Gasteiger partial charge in [-0.1, -0.05) is 0 Å². The van der Waals surface area contributed by atoms with Crippen LogP contribution in [-0.2, 0) is 14.1 Å². The molecule has 0 unspecified atom stereocenters. The second kappa shape index (κ2) is 5.36. The van der Waals surface area contributed by atoms with E-state index in [1.54, 1.807) is 17.9 Å². The van der Waals surface area contributed by atoms with Gasteiger partial charge in [0.25, 0.3) is 5.56 Å². The lowest BCUT2D eigenvalue weighted by Gasteiger charge is -1.93. The third-order valence-corrected chi connectivity index (χ3v) is 3.18. The number of hydrogen-bond acceptors (Lipinski definition) is 8. The Bertz CT molecular complexity index is 1040. The topological polar surface area (TPSA) is 159 Å². The van der Waals surface area contributed by atoms with Gasteiger partial charge in [0.15, 0.2) is 11.3 Å². The molecule has 0 saturated carbocycles. The molecule has 0 aliphatic rings. The lowest BCUT2D eigenvalue weighted by Crippen LogP contribution is -2.11. The van der Waals surface area contributed by atoms with Crippen LogP contribution in [0.1, 0.15) is 0 Å². The van der Waals surface area contributed by atoms with Crippen LogP contribution in [0.2, 0.25) is 0 Å². The number of aryl methyl sites for hydroxylation is 2. The largest absolute Gasteiger partial charge is 0.383 e. The van der Waals surface area contributed by atoms with Crippen LogP contribution < -0.4 is 17.0 Å². The summed E-state index contributed by atoms with van der Waals surface area (Å²) < 4.78 is 3.16. The van der Waals surface area contributed by atoms with Gasteiger partial charge in [-0.15, -0.1) is 0 Å². The van der Waals surface area contributed by atoms with E-state index in [0.717, 1.165) is 11.0 Å². The van der Waals surface area contributed by atoms with Gasteiger partial charge in [0, 0.05) is 14.1 Å². The molecule has 118 valence electrons. The van der Waals surface area contributed by atoms with Gasteiger partial charge in [-0.25, -0.2) is 9.97 Å². The summed E-state index contributed by atoms with van der Waals surface area (Å²) in [6, 6.07) is 0. The Kier molecular flexibility index (Phi) is 3.37. The Morgan fingerprint density at radius 3 is 2.35 bits per heavy atom. The SMILES string of the molecule is Cn1ncc2c(=O)[nH]c(N)nc21.Cn1ncc2c(N)ncnc21. The molecule has 4 rings (SSSR count). The van der Waals surface area contributed by atoms with E-state index >= 15 is 0 Å². The Morgan fingerprint density at radius 1 is 1.00 bits per heavy atom. The molecular weight excluding hydrogens is 300 g/mol. The van der Waals surface area contributed by atoms with Gasteiger partial charge < -0.3 is 11.5 Å². The Hall–Kier alpha value is -3.50. The van der Waals surface area contributed by atoms with E-state index in [1.165, 1.54) is 17.2 Å². The first-order chi connectivity index (χ1) is 11.0. The van der Waals surface area contributed by atoms with E-state index in [-0.39, 0.29) is 11.5 Å². The number of nitrogen functional groups attached to an aromatic ring is 2. The molecule has 0 bridgehead atoms. The molecule has 0 aliphatic carbocycles. The first-order valence-corrected chi connectivity index (χ1v) is 6.53. The van der Waals surface area contributed by atoms with Crippen molar-refractivity contribution in [2.75, 3.05) is 11.5 Å². The summed E-state index contributed by atoms with van der Waals surface area (Å²) in [5, 5.41) is 9.12. The van der Waals surface area contributed by atoms with Crippen molar-refractivity contribution in [3.05, 3.63) is 29.1 Å². The summed E-state index contributed by atoms with van der Waals surface area (Å²) in [7, 11) is 3.52. The van der Waals surface area contributed by atoms with E-state index < -0.39 is 0 Å². The normalized spacial score (nSPS) is 10.7. The van der Waals surface area contributed by atoms with Crippen LogP contribution in [0.3, 0.4) is 0 Å². The number of rotatable bonds is 0. The van der Waals surface area contributed by atoms with Crippen molar-refractivity contribution < 1.29 is 0 Å². The predicted molar refractivity (Wildman–Crippen MR) is 84.3 cm³/mol. The zero-order valence-electron chi connectivity index (χ0n) is 12.4. The number of aromatic amines is 1. The molecule has 0 radical (unpaired) electrons. The average Bonchev–Trinajstić information content (AvgIpc) is 3.06. The van der Waals surface area contributed by atoms with Crippen molar-refractivity contribution in [2.45, 2.75) is 0 Å². The molecule has 11 nitrogen and oxygen atoms in total. The Balaban J connectivity index is 0.000000136. The average molecular weight is 314 g/mol. The van der Waals surface area contributed by atoms with Gasteiger partial charge in [0.1, 0.15) is 17.5 Å². The minimum Gasteiger partial charge on any atom is -0.383 e. The number of hydrogen-bond donors (Lipinski definition) is 3. The number of nitrogens with zero attached hydrogens (tertiary/aromatic N) is 7. The third kappa shape index (κ3) is 2.54. The summed E-state index contributed by atoms with van der Waals surface area (Å²) >= 11 is 0. The van der Waals surface area contributed by atoms with Crippen molar-refractivity contribution in [1.82, 2.24) is 39.5 Å². The number of fused-ring (bicyclic) bond motifs is 2. The number of H-pyrrole nitrogens is 1. The van der Waals surface area contributed by atoms with Crippen molar-refractivity contribution in [3.63, 3.8) is 0 Å². The lowest BCUT2D eigenvalue weighted by atomic mass is 10.4. The first kappa shape index (κ1) is 14.4. The maximum Gasteiger partial charge on any atom is 0.263 e. The standard InChI is InChI=1S/C6H7N5O.C6H7N5/c1-11-4-3(2-8-11)5(12)10-6(7)9-4;1-11-6-4(2-10-11)5(7)8-3-9-6/h2H,1H3,(H3,7,9,10,12);2-3H,1H3,(H2,7,8,9). The highest BCUT2D eigenvalue weighted by molar-refractivity contribution is 5.84. The van der Waals surface area contributed by atoms with Crippen LogP contribution in [0.4, 0.5) is 11.8 Å². The number of aromatic nitrogens is 8. The van der Waals surface area contributed by atoms with Crippen molar-refractivity contribution in [3.8, 4) is 0 Å². The van der Waals surface area contributed by atoms with Gasteiger partial charge in [0.2, 0.25) is 5.95 Å². The first-order valence-electron chi connectivity index (χ1n) is 6.53. The summed E-state index contributed by atoms with van der Waals surface area (Å²) in [6.07, 6.45) is 4.55. The number of anilines is 2. The van der Waals surface area contributed by atoms with Crippen LogP contribution in [0.15, 0.2) is 23.5 Å². The second-order valence-electron chi connectivity index (χ2n) is 4.72. The minimum atomic E-state index is -0.259. The van der Waals surface area contributed by atoms with Gasteiger partial charge in [0.05, 0.1) is 17.8 Å². The van der Waals surface area contributed by atoms with Crippen molar-refractivity contribution in [1.29, 1.82) is 0 Å². The van der Waals surface area contributed by atoms with E-state index in [4.69, 9.17) is 11.5 Å². The molecule has 4 aromatic heterocycles. The van der Waals surface area contributed by atoms with E-state index in [9.17, 15) is 4.79 Å². The van der Waals surface area contributed by atoms with Crippen LogP contribution >= 0.6 is 0 Å². The Labute approximate surface area is 129 Å². The quantitative estimate of drug-likeness (QED) is 0.379. The number of nitrogens with two attached hydrogens (primary N) is 2. The van der Waals surface area contributed by atoms with Crippen molar-refractivity contribution in [2.24, 2.45) is 14.1 Å². The zero-order chi connectivity index (χ0) is 16.6. The van der Waals surface area contributed by atoms with Gasteiger partial charge >= 0.3 is 0 Å². The summed E-state index contributed by atoms with van der Waals surface area (Å²) in [5.41, 5.74) is 11.9. The van der Waals surface area contributed by atoms with Gasteiger partial charge in [-0.3, -0.25) is 19.1 Å². The number of nitrogens with one attached hydrogen (secondary N) is 1. The zero-order valence-corrected chi connectivity index (χ0v) is 12.4. The van der Waals surface area contributed by atoms with E-state index in [1.807, 2.05) is 7.05 Å². The van der Waals surface area contributed by atoms with Crippen LogP contribution in [0.25, 0.3) is 22.1 Å². The maximum atomic E-state index is 11.2. The van der Waals surface area contributed by atoms with Crippen LogP contribution in [0, 0.1) is 0 Å². The van der Waals surface area contributed by atoms with Gasteiger partial charge in [-0.05, 0) is 0 Å². The lowest BCUT2D eigenvalue weighted by molar-refractivity contribution is 0.785. The van der Waals surface area contributed by atoms with E-state index in [2.05, 4.69) is 30.1 Å². The fourth-order valence-corrected chi connectivity index (χ4v) is 2.03. The summed E-state index contributed by atoms with van der Waals surface area (Å²) in [4.78, 5) is 25.3. The molecule has 0 fully saturated rings. The third-order valence-electron chi connectivity index (χ3n) is 3.18. The monoisotopic (exact) mass is 314 g/mol. The highest BCUT2D eigenvalue weighted by Gasteiger charge is 2.05. The second-order valence-corrected chi connectivity index (χ2v) is 4.72. The Morgan fingerprint density at radius 2 is 1.65 bits per heavy atom. The van der Waals surface area contributed by atoms with Crippen LogP contribution in [0.5, 0.6) is 0 Å². The molecule has 0 aromatic carbocycles. The molecule has 0 amide bonds. The molecule has 23 heavy (non-hydrogen) atoms. The molecule has 0 atom stereocenters.